The zero-order chi connectivity index (χ0) is 17.1. The van der Waals surface area contributed by atoms with Crippen LogP contribution in [-0.2, 0) is 0 Å². The van der Waals surface area contributed by atoms with E-state index in [1.54, 1.807) is 0 Å². The zero-order valence-corrected chi connectivity index (χ0v) is 14.9. The molecule has 1 aromatic heterocycles. The first-order valence-electron chi connectivity index (χ1n) is 9.84. The van der Waals surface area contributed by atoms with Crippen molar-refractivity contribution in [2.75, 3.05) is 13.1 Å². The Bertz CT molecular complexity index is 671. The predicted octanol–water partition coefficient (Wildman–Crippen LogP) is 5.12. The van der Waals surface area contributed by atoms with Gasteiger partial charge in [0.15, 0.2) is 0 Å². The molecule has 2 aromatic rings. The summed E-state index contributed by atoms with van der Waals surface area (Å²) in [7, 11) is 0. The highest BCUT2D eigenvalue weighted by molar-refractivity contribution is 5.65. The van der Waals surface area contributed by atoms with Gasteiger partial charge in [0.25, 0.3) is 0 Å². The molecule has 1 aliphatic heterocycles. The molecule has 0 radical (unpaired) electrons. The Balaban J connectivity index is 1.52. The fourth-order valence-corrected chi connectivity index (χ4v) is 4.66. The molecule has 4 heteroatoms. The highest BCUT2D eigenvalue weighted by Crippen LogP contribution is 2.35. The van der Waals surface area contributed by atoms with Crippen LogP contribution in [0.4, 0.5) is 4.39 Å². The molecular weight excluding hydrogens is 313 g/mol. The van der Waals surface area contributed by atoms with Gasteiger partial charge < -0.3 is 0 Å². The summed E-state index contributed by atoms with van der Waals surface area (Å²) in [5.74, 6) is 0.311. The van der Waals surface area contributed by atoms with E-state index in [1.807, 2.05) is 18.3 Å². The highest BCUT2D eigenvalue weighted by atomic mass is 19.1. The lowest BCUT2D eigenvalue weighted by Gasteiger charge is -2.38. The molecule has 25 heavy (non-hydrogen) atoms. The SMILES string of the molecule is Fc1ccc(-c2cn[nH]c2C2CCCN(C3CCCCCC3)C2)cc1. The minimum Gasteiger partial charge on any atom is -0.300 e. The summed E-state index contributed by atoms with van der Waals surface area (Å²) >= 11 is 0. The maximum atomic E-state index is 13.2. The lowest BCUT2D eigenvalue weighted by Crippen LogP contribution is -2.42. The van der Waals surface area contributed by atoms with Crippen molar-refractivity contribution in [3.63, 3.8) is 0 Å². The Morgan fingerprint density at radius 3 is 2.48 bits per heavy atom. The molecule has 0 amide bonds. The number of H-pyrrole nitrogens is 1. The molecule has 0 bridgehead atoms. The first-order chi connectivity index (χ1) is 12.3. The number of likely N-dealkylation sites (tertiary alicyclic amines) is 1. The average molecular weight is 341 g/mol. The maximum Gasteiger partial charge on any atom is 0.123 e. The summed E-state index contributed by atoms with van der Waals surface area (Å²) in [5.41, 5.74) is 3.41. The van der Waals surface area contributed by atoms with Crippen molar-refractivity contribution in [3.8, 4) is 11.1 Å². The molecule has 2 aliphatic rings. The van der Waals surface area contributed by atoms with E-state index >= 15 is 0 Å². The van der Waals surface area contributed by atoms with Gasteiger partial charge in [0.05, 0.1) is 6.20 Å². The number of rotatable bonds is 3. The van der Waals surface area contributed by atoms with E-state index in [0.717, 1.165) is 23.7 Å². The number of aromatic amines is 1. The minimum atomic E-state index is -0.189. The smallest absolute Gasteiger partial charge is 0.123 e. The summed E-state index contributed by atoms with van der Waals surface area (Å²) in [4.78, 5) is 2.73. The Labute approximate surface area is 149 Å². The molecule has 1 saturated heterocycles. The molecule has 1 N–H and O–H groups in total. The molecule has 134 valence electrons. The van der Waals surface area contributed by atoms with E-state index in [1.165, 1.54) is 75.7 Å². The van der Waals surface area contributed by atoms with Crippen molar-refractivity contribution in [1.29, 1.82) is 0 Å². The van der Waals surface area contributed by atoms with Gasteiger partial charge in [0.1, 0.15) is 5.82 Å². The number of piperidine rings is 1. The monoisotopic (exact) mass is 341 g/mol. The summed E-state index contributed by atoms with van der Waals surface area (Å²) in [6.07, 6.45) is 12.7. The molecular formula is C21H28FN3. The molecule has 0 spiro atoms. The van der Waals surface area contributed by atoms with Crippen LogP contribution in [0, 0.1) is 5.82 Å². The quantitative estimate of drug-likeness (QED) is 0.786. The number of aromatic nitrogens is 2. The number of nitrogens with one attached hydrogen (secondary N) is 1. The Morgan fingerprint density at radius 2 is 1.72 bits per heavy atom. The van der Waals surface area contributed by atoms with E-state index in [-0.39, 0.29) is 5.82 Å². The van der Waals surface area contributed by atoms with E-state index in [4.69, 9.17) is 0 Å². The lowest BCUT2D eigenvalue weighted by molar-refractivity contribution is 0.134. The van der Waals surface area contributed by atoms with Crippen molar-refractivity contribution in [2.24, 2.45) is 0 Å². The molecule has 1 aliphatic carbocycles. The van der Waals surface area contributed by atoms with E-state index in [2.05, 4.69) is 15.1 Å². The second-order valence-electron chi connectivity index (χ2n) is 7.68. The Kier molecular flexibility index (Phi) is 5.16. The van der Waals surface area contributed by atoms with E-state index < -0.39 is 0 Å². The molecule has 1 saturated carbocycles. The third kappa shape index (κ3) is 3.79. The van der Waals surface area contributed by atoms with Crippen LogP contribution in [0.25, 0.3) is 11.1 Å². The molecule has 2 fully saturated rings. The molecule has 2 heterocycles. The number of benzene rings is 1. The lowest BCUT2D eigenvalue weighted by atomic mass is 9.89. The summed E-state index contributed by atoms with van der Waals surface area (Å²) in [6, 6.07) is 7.54. The van der Waals surface area contributed by atoms with Crippen LogP contribution in [0.15, 0.2) is 30.5 Å². The van der Waals surface area contributed by atoms with Gasteiger partial charge in [0, 0.05) is 29.8 Å². The topological polar surface area (TPSA) is 31.9 Å². The van der Waals surface area contributed by atoms with Gasteiger partial charge in [-0.15, -0.1) is 0 Å². The number of nitrogens with zero attached hydrogens (tertiary/aromatic N) is 2. The van der Waals surface area contributed by atoms with E-state index in [0.29, 0.717) is 5.92 Å². The Hall–Kier alpha value is -1.68. The van der Waals surface area contributed by atoms with Crippen molar-refractivity contribution in [3.05, 3.63) is 42.0 Å². The largest absolute Gasteiger partial charge is 0.300 e. The maximum absolute atomic E-state index is 13.2. The van der Waals surface area contributed by atoms with Crippen LogP contribution in [0.5, 0.6) is 0 Å². The van der Waals surface area contributed by atoms with Crippen LogP contribution in [0.2, 0.25) is 0 Å². The van der Waals surface area contributed by atoms with Crippen molar-refractivity contribution >= 4 is 0 Å². The molecule has 1 aromatic carbocycles. The number of hydrogen-bond donors (Lipinski definition) is 1. The number of hydrogen-bond acceptors (Lipinski definition) is 2. The highest BCUT2D eigenvalue weighted by Gasteiger charge is 2.29. The first-order valence-corrected chi connectivity index (χ1v) is 9.84. The third-order valence-corrected chi connectivity index (χ3v) is 6.03. The van der Waals surface area contributed by atoms with Crippen molar-refractivity contribution in [2.45, 2.75) is 63.3 Å². The summed E-state index contributed by atoms with van der Waals surface area (Å²) < 4.78 is 13.2. The summed E-state index contributed by atoms with van der Waals surface area (Å²) in [6.45, 7) is 2.36. The van der Waals surface area contributed by atoms with Gasteiger partial charge in [-0.25, -0.2) is 4.39 Å². The molecule has 4 rings (SSSR count). The standard InChI is InChI=1S/C21H28FN3/c22-18-11-9-16(10-12-18)20-14-23-24-21(20)17-6-5-13-25(15-17)19-7-3-1-2-4-8-19/h9-12,14,17,19H,1-8,13,15H2,(H,23,24). The fourth-order valence-electron chi connectivity index (χ4n) is 4.66. The second-order valence-corrected chi connectivity index (χ2v) is 7.68. The van der Waals surface area contributed by atoms with Gasteiger partial charge in [-0.05, 0) is 49.9 Å². The van der Waals surface area contributed by atoms with E-state index in [9.17, 15) is 4.39 Å². The van der Waals surface area contributed by atoms with Gasteiger partial charge >= 0.3 is 0 Å². The molecule has 1 unspecified atom stereocenters. The minimum absolute atomic E-state index is 0.189. The van der Waals surface area contributed by atoms with Gasteiger partial charge in [-0.3, -0.25) is 10.00 Å². The summed E-state index contributed by atoms with van der Waals surface area (Å²) in [5, 5.41) is 7.57. The molecule has 3 nitrogen and oxygen atoms in total. The van der Waals surface area contributed by atoms with Crippen LogP contribution in [0.3, 0.4) is 0 Å². The molecule has 1 atom stereocenters. The Morgan fingerprint density at radius 1 is 0.960 bits per heavy atom. The van der Waals surface area contributed by atoms with Gasteiger partial charge in [-0.1, -0.05) is 37.8 Å². The number of halogens is 1. The fraction of sp³-hybridized carbons (Fsp3) is 0.571. The normalized spacial score (nSPS) is 23.5. The predicted molar refractivity (Wildman–Crippen MR) is 99.0 cm³/mol. The average Bonchev–Trinajstić information content (AvgIpc) is 2.97. The van der Waals surface area contributed by atoms with Crippen LogP contribution < -0.4 is 0 Å². The van der Waals surface area contributed by atoms with Crippen LogP contribution >= 0.6 is 0 Å². The first kappa shape index (κ1) is 16.8. The van der Waals surface area contributed by atoms with Crippen molar-refractivity contribution in [1.82, 2.24) is 15.1 Å². The van der Waals surface area contributed by atoms with Gasteiger partial charge in [0.2, 0.25) is 0 Å². The van der Waals surface area contributed by atoms with Crippen LogP contribution in [0.1, 0.15) is 63.0 Å². The zero-order valence-electron chi connectivity index (χ0n) is 14.9. The van der Waals surface area contributed by atoms with Crippen LogP contribution in [-0.4, -0.2) is 34.2 Å². The second kappa shape index (κ2) is 7.69. The van der Waals surface area contributed by atoms with Crippen molar-refractivity contribution < 1.29 is 4.39 Å². The van der Waals surface area contributed by atoms with Gasteiger partial charge in [-0.2, -0.15) is 5.10 Å². The third-order valence-electron chi connectivity index (χ3n) is 6.03.